The Hall–Kier alpha value is -1.82. The Labute approximate surface area is 118 Å². The van der Waals surface area contributed by atoms with Gasteiger partial charge in [0.25, 0.3) is 5.91 Å². The average molecular weight is 294 g/mol. The van der Waals surface area contributed by atoms with Gasteiger partial charge >= 0.3 is 0 Å². The molecule has 0 unspecified atom stereocenters. The third-order valence-corrected chi connectivity index (χ3v) is 4.16. The number of hydrogen-bond acceptors (Lipinski definition) is 3. The molecule has 20 heavy (non-hydrogen) atoms. The van der Waals surface area contributed by atoms with Crippen LogP contribution in [0.1, 0.15) is 39.8 Å². The van der Waals surface area contributed by atoms with Crippen LogP contribution in [0.4, 0.5) is 8.78 Å². The number of nitrogens with zero attached hydrogens (tertiary/aromatic N) is 1. The number of rotatable bonds is 4. The number of amides is 1. The molecule has 1 fully saturated rings. The van der Waals surface area contributed by atoms with E-state index in [1.807, 2.05) is 5.38 Å². The highest BCUT2D eigenvalue weighted by Gasteiger charge is 2.26. The Morgan fingerprint density at radius 3 is 2.85 bits per heavy atom. The van der Waals surface area contributed by atoms with E-state index in [2.05, 4.69) is 10.3 Å². The second-order valence-corrected chi connectivity index (χ2v) is 5.65. The lowest BCUT2D eigenvalue weighted by atomic mass is 10.2. The van der Waals surface area contributed by atoms with Gasteiger partial charge in [-0.05, 0) is 31.0 Å². The van der Waals surface area contributed by atoms with Gasteiger partial charge in [-0.3, -0.25) is 4.79 Å². The molecule has 0 spiro atoms. The summed E-state index contributed by atoms with van der Waals surface area (Å²) in [6.07, 6.45) is 2.38. The van der Waals surface area contributed by atoms with Crippen molar-refractivity contribution in [2.75, 3.05) is 0 Å². The van der Waals surface area contributed by atoms with E-state index < -0.39 is 17.5 Å². The van der Waals surface area contributed by atoms with Crippen molar-refractivity contribution in [2.24, 2.45) is 0 Å². The molecule has 1 aliphatic rings. The highest BCUT2D eigenvalue weighted by atomic mass is 32.1. The van der Waals surface area contributed by atoms with Gasteiger partial charge in [-0.15, -0.1) is 11.3 Å². The minimum Gasteiger partial charge on any atom is -0.346 e. The second-order valence-electron chi connectivity index (χ2n) is 4.76. The van der Waals surface area contributed by atoms with Crippen molar-refractivity contribution in [1.29, 1.82) is 0 Å². The lowest BCUT2D eigenvalue weighted by Gasteiger charge is -2.03. The molecule has 1 aromatic heterocycles. The molecule has 1 aliphatic carbocycles. The van der Waals surface area contributed by atoms with E-state index in [0.29, 0.717) is 12.5 Å². The van der Waals surface area contributed by atoms with Crippen LogP contribution in [0.15, 0.2) is 23.6 Å². The monoisotopic (exact) mass is 294 g/mol. The maximum absolute atomic E-state index is 13.0. The average Bonchev–Trinajstić information content (AvgIpc) is 3.18. The molecular weight excluding hydrogens is 282 g/mol. The Morgan fingerprint density at radius 2 is 2.15 bits per heavy atom. The van der Waals surface area contributed by atoms with Crippen LogP contribution in [0, 0.1) is 11.6 Å². The van der Waals surface area contributed by atoms with Gasteiger partial charge in [0.1, 0.15) is 0 Å². The van der Waals surface area contributed by atoms with Gasteiger partial charge in [0, 0.05) is 16.9 Å². The Balaban J connectivity index is 1.61. The van der Waals surface area contributed by atoms with E-state index in [1.165, 1.54) is 18.9 Å². The Bertz CT molecular complexity index is 652. The molecule has 3 rings (SSSR count). The maximum Gasteiger partial charge on any atom is 0.251 e. The quantitative estimate of drug-likeness (QED) is 0.940. The molecular formula is C14H12F2N2OS. The van der Waals surface area contributed by atoms with E-state index in [0.717, 1.165) is 22.8 Å². The van der Waals surface area contributed by atoms with Crippen molar-refractivity contribution in [1.82, 2.24) is 10.3 Å². The molecule has 2 aromatic rings. The van der Waals surface area contributed by atoms with Crippen molar-refractivity contribution >= 4 is 17.2 Å². The largest absolute Gasteiger partial charge is 0.346 e. The standard InChI is InChI=1S/C14H12F2N2OS/c15-11-4-3-9(5-12(11)16)13(19)17-6-10-7-20-14(18-10)8-1-2-8/h3-5,7-8H,1-2,6H2,(H,17,19). The first kappa shape index (κ1) is 13.2. The summed E-state index contributed by atoms with van der Waals surface area (Å²) in [5.74, 6) is -1.84. The van der Waals surface area contributed by atoms with Crippen molar-refractivity contribution in [3.8, 4) is 0 Å². The summed E-state index contributed by atoms with van der Waals surface area (Å²) in [7, 11) is 0. The number of aromatic nitrogens is 1. The van der Waals surface area contributed by atoms with Crippen LogP contribution in [-0.4, -0.2) is 10.9 Å². The zero-order valence-electron chi connectivity index (χ0n) is 10.5. The van der Waals surface area contributed by atoms with Crippen LogP contribution >= 0.6 is 11.3 Å². The highest BCUT2D eigenvalue weighted by molar-refractivity contribution is 7.09. The van der Waals surface area contributed by atoms with Crippen molar-refractivity contribution in [2.45, 2.75) is 25.3 Å². The summed E-state index contributed by atoms with van der Waals surface area (Å²) in [4.78, 5) is 16.2. The number of carbonyl (C=O) groups is 1. The lowest BCUT2D eigenvalue weighted by molar-refractivity contribution is 0.0950. The topological polar surface area (TPSA) is 42.0 Å². The number of carbonyl (C=O) groups excluding carboxylic acids is 1. The fraction of sp³-hybridized carbons (Fsp3) is 0.286. The van der Waals surface area contributed by atoms with Crippen LogP contribution < -0.4 is 5.32 Å². The predicted octanol–water partition coefficient (Wildman–Crippen LogP) is 3.23. The van der Waals surface area contributed by atoms with E-state index >= 15 is 0 Å². The summed E-state index contributed by atoms with van der Waals surface area (Å²) in [5, 5.41) is 5.68. The van der Waals surface area contributed by atoms with Gasteiger partial charge < -0.3 is 5.32 Å². The van der Waals surface area contributed by atoms with Crippen LogP contribution in [0.25, 0.3) is 0 Å². The minimum absolute atomic E-state index is 0.0987. The summed E-state index contributed by atoms with van der Waals surface area (Å²) >= 11 is 1.60. The molecule has 1 saturated carbocycles. The molecule has 1 N–H and O–H groups in total. The molecule has 0 bridgehead atoms. The Morgan fingerprint density at radius 1 is 1.35 bits per heavy atom. The smallest absolute Gasteiger partial charge is 0.251 e. The van der Waals surface area contributed by atoms with E-state index in [-0.39, 0.29) is 5.56 Å². The van der Waals surface area contributed by atoms with Gasteiger partial charge in [0.15, 0.2) is 11.6 Å². The van der Waals surface area contributed by atoms with Gasteiger partial charge in [-0.25, -0.2) is 13.8 Å². The molecule has 6 heteroatoms. The Kier molecular flexibility index (Phi) is 3.48. The fourth-order valence-electron chi connectivity index (χ4n) is 1.83. The fourth-order valence-corrected chi connectivity index (χ4v) is 2.82. The third kappa shape index (κ3) is 2.85. The third-order valence-electron chi connectivity index (χ3n) is 3.11. The number of nitrogens with one attached hydrogen (secondary N) is 1. The predicted molar refractivity (Wildman–Crippen MR) is 71.6 cm³/mol. The molecule has 0 saturated heterocycles. The van der Waals surface area contributed by atoms with Crippen molar-refractivity contribution in [3.63, 3.8) is 0 Å². The normalized spacial score (nSPS) is 14.3. The van der Waals surface area contributed by atoms with E-state index in [4.69, 9.17) is 0 Å². The van der Waals surface area contributed by atoms with Gasteiger partial charge in [-0.2, -0.15) is 0 Å². The van der Waals surface area contributed by atoms with Gasteiger partial charge in [0.2, 0.25) is 0 Å². The zero-order valence-corrected chi connectivity index (χ0v) is 11.3. The lowest BCUT2D eigenvalue weighted by Crippen LogP contribution is -2.23. The molecule has 0 radical (unpaired) electrons. The molecule has 0 atom stereocenters. The van der Waals surface area contributed by atoms with E-state index in [9.17, 15) is 13.6 Å². The van der Waals surface area contributed by atoms with Gasteiger partial charge in [-0.1, -0.05) is 0 Å². The number of halogens is 2. The SMILES string of the molecule is O=C(NCc1csc(C2CC2)n1)c1ccc(F)c(F)c1. The van der Waals surface area contributed by atoms with Crippen LogP contribution in [-0.2, 0) is 6.54 Å². The van der Waals surface area contributed by atoms with Crippen molar-refractivity contribution < 1.29 is 13.6 Å². The first-order chi connectivity index (χ1) is 9.63. The minimum atomic E-state index is -1.03. The van der Waals surface area contributed by atoms with Crippen LogP contribution in [0.2, 0.25) is 0 Å². The van der Waals surface area contributed by atoms with Gasteiger partial charge in [0.05, 0.1) is 17.2 Å². The summed E-state index contributed by atoms with van der Waals surface area (Å²) in [5.41, 5.74) is 0.898. The first-order valence-electron chi connectivity index (χ1n) is 6.31. The molecule has 1 aromatic carbocycles. The number of thiazole rings is 1. The second kappa shape index (κ2) is 5.28. The van der Waals surface area contributed by atoms with Crippen molar-refractivity contribution in [3.05, 3.63) is 51.5 Å². The van der Waals surface area contributed by atoms with Crippen LogP contribution in [0.5, 0.6) is 0 Å². The van der Waals surface area contributed by atoms with E-state index in [1.54, 1.807) is 11.3 Å². The number of hydrogen-bond donors (Lipinski definition) is 1. The first-order valence-corrected chi connectivity index (χ1v) is 7.19. The summed E-state index contributed by atoms with van der Waals surface area (Å²) in [6, 6.07) is 3.09. The maximum atomic E-state index is 13.0. The summed E-state index contributed by atoms with van der Waals surface area (Å²) in [6.45, 7) is 0.293. The molecule has 3 nitrogen and oxygen atoms in total. The summed E-state index contributed by atoms with van der Waals surface area (Å²) < 4.78 is 25.8. The highest BCUT2D eigenvalue weighted by Crippen LogP contribution is 2.41. The molecule has 0 aliphatic heterocycles. The van der Waals surface area contributed by atoms with Crippen LogP contribution in [0.3, 0.4) is 0 Å². The zero-order chi connectivity index (χ0) is 14.1. The molecule has 1 heterocycles. The number of benzene rings is 1. The molecule has 104 valence electrons. The molecule has 1 amide bonds.